The van der Waals surface area contributed by atoms with Gasteiger partial charge in [-0.1, -0.05) is 6.07 Å². The molecule has 0 fully saturated rings. The molecule has 1 rings (SSSR count). The van der Waals surface area contributed by atoms with Crippen LogP contribution in [0.4, 0.5) is 0 Å². The number of aliphatic carboxylic acids is 1. The fourth-order valence-corrected chi connectivity index (χ4v) is 2.19. The molecular weight excluding hydrogens is 210 g/mol. The number of carbonyl (C=O) groups is 1. The third-order valence-corrected chi connectivity index (χ3v) is 3.05. The normalized spacial score (nSPS) is 10.8. The van der Waals surface area contributed by atoms with E-state index in [1.165, 1.54) is 4.88 Å². The predicted molar refractivity (Wildman–Crippen MR) is 62.1 cm³/mol. The van der Waals surface area contributed by atoms with Crippen LogP contribution in [-0.4, -0.2) is 29.6 Å². The van der Waals surface area contributed by atoms with E-state index >= 15 is 0 Å². The van der Waals surface area contributed by atoms with Crippen molar-refractivity contribution >= 4 is 17.3 Å². The van der Waals surface area contributed by atoms with Gasteiger partial charge in [-0.15, -0.1) is 11.3 Å². The fraction of sp³-hybridized carbons (Fsp3) is 0.545. The molecule has 0 aliphatic carbocycles. The van der Waals surface area contributed by atoms with Crippen molar-refractivity contribution in [2.24, 2.45) is 0 Å². The molecule has 1 N–H and O–H groups in total. The summed E-state index contributed by atoms with van der Waals surface area (Å²) in [7, 11) is 2.07. The lowest BCUT2D eigenvalue weighted by atomic mass is 10.2. The van der Waals surface area contributed by atoms with E-state index in [0.29, 0.717) is 0 Å². The molecule has 0 atom stereocenters. The molecule has 0 aliphatic heterocycles. The van der Waals surface area contributed by atoms with Gasteiger partial charge in [0.15, 0.2) is 0 Å². The summed E-state index contributed by atoms with van der Waals surface area (Å²) >= 11 is 1.76. The van der Waals surface area contributed by atoms with Crippen LogP contribution in [-0.2, 0) is 11.3 Å². The van der Waals surface area contributed by atoms with Crippen molar-refractivity contribution in [3.63, 3.8) is 0 Å². The first kappa shape index (κ1) is 12.2. The number of carboxylic acids is 1. The number of hydrogen-bond acceptors (Lipinski definition) is 3. The average molecular weight is 227 g/mol. The molecule has 1 heterocycles. The Kier molecular flexibility index (Phi) is 5.36. The Labute approximate surface area is 94.3 Å². The predicted octanol–water partition coefficient (Wildman–Crippen LogP) is 2.43. The topological polar surface area (TPSA) is 40.5 Å². The Morgan fingerprint density at radius 2 is 2.33 bits per heavy atom. The van der Waals surface area contributed by atoms with Crippen molar-refractivity contribution in [2.45, 2.75) is 25.8 Å². The first-order chi connectivity index (χ1) is 7.18. The summed E-state index contributed by atoms with van der Waals surface area (Å²) in [5.74, 6) is -0.698. The van der Waals surface area contributed by atoms with Gasteiger partial charge in [0.1, 0.15) is 0 Å². The minimum Gasteiger partial charge on any atom is -0.481 e. The van der Waals surface area contributed by atoms with Crippen LogP contribution in [0.15, 0.2) is 17.5 Å². The monoisotopic (exact) mass is 227 g/mol. The van der Waals surface area contributed by atoms with E-state index in [2.05, 4.69) is 29.5 Å². The van der Waals surface area contributed by atoms with Gasteiger partial charge in [0.2, 0.25) is 0 Å². The molecule has 3 nitrogen and oxygen atoms in total. The summed E-state index contributed by atoms with van der Waals surface area (Å²) in [6, 6.07) is 4.18. The molecule has 1 aromatic heterocycles. The van der Waals surface area contributed by atoms with Crippen LogP contribution in [0.3, 0.4) is 0 Å². The lowest BCUT2D eigenvalue weighted by molar-refractivity contribution is -0.137. The third kappa shape index (κ3) is 5.54. The highest BCUT2D eigenvalue weighted by Crippen LogP contribution is 2.11. The molecule has 0 amide bonds. The van der Waals surface area contributed by atoms with Gasteiger partial charge in [-0.25, -0.2) is 0 Å². The SMILES string of the molecule is CN(CCCCC(=O)O)Cc1cccs1. The van der Waals surface area contributed by atoms with Crippen LogP contribution in [0.25, 0.3) is 0 Å². The van der Waals surface area contributed by atoms with Crippen molar-refractivity contribution in [1.29, 1.82) is 0 Å². The molecule has 0 saturated carbocycles. The van der Waals surface area contributed by atoms with Gasteiger partial charge < -0.3 is 10.0 Å². The van der Waals surface area contributed by atoms with Gasteiger partial charge in [-0.05, 0) is 37.9 Å². The second kappa shape index (κ2) is 6.58. The Hall–Kier alpha value is -0.870. The van der Waals surface area contributed by atoms with Gasteiger partial charge >= 0.3 is 5.97 Å². The number of carboxylic acid groups (broad SMARTS) is 1. The van der Waals surface area contributed by atoms with Crippen LogP contribution in [0, 0.1) is 0 Å². The zero-order chi connectivity index (χ0) is 11.1. The maximum absolute atomic E-state index is 10.3. The van der Waals surface area contributed by atoms with Crippen molar-refractivity contribution in [3.05, 3.63) is 22.4 Å². The standard InChI is InChI=1S/C11H17NO2S/c1-12(7-3-2-6-11(13)14)9-10-5-4-8-15-10/h4-5,8H,2-3,6-7,9H2,1H3,(H,13,14). The van der Waals surface area contributed by atoms with E-state index in [1.807, 2.05) is 0 Å². The summed E-state index contributed by atoms with van der Waals surface area (Å²) in [5.41, 5.74) is 0. The maximum Gasteiger partial charge on any atom is 0.303 e. The second-order valence-electron chi connectivity index (χ2n) is 3.67. The summed E-state index contributed by atoms with van der Waals surface area (Å²) in [6.07, 6.45) is 2.01. The quantitative estimate of drug-likeness (QED) is 0.727. The van der Waals surface area contributed by atoms with Crippen molar-refractivity contribution in [2.75, 3.05) is 13.6 Å². The molecule has 0 aromatic carbocycles. The second-order valence-corrected chi connectivity index (χ2v) is 4.70. The van der Waals surface area contributed by atoms with Crippen LogP contribution in [0.1, 0.15) is 24.1 Å². The molecule has 1 aromatic rings. The zero-order valence-electron chi connectivity index (χ0n) is 8.98. The first-order valence-electron chi connectivity index (χ1n) is 5.11. The van der Waals surface area contributed by atoms with Crippen LogP contribution >= 0.6 is 11.3 Å². The highest BCUT2D eigenvalue weighted by molar-refractivity contribution is 7.09. The third-order valence-electron chi connectivity index (χ3n) is 2.19. The Morgan fingerprint density at radius 1 is 1.53 bits per heavy atom. The highest BCUT2D eigenvalue weighted by atomic mass is 32.1. The van der Waals surface area contributed by atoms with Crippen molar-refractivity contribution in [3.8, 4) is 0 Å². The zero-order valence-corrected chi connectivity index (χ0v) is 9.80. The van der Waals surface area contributed by atoms with Crippen LogP contribution in [0.5, 0.6) is 0 Å². The minimum atomic E-state index is -0.698. The maximum atomic E-state index is 10.3. The number of thiophene rings is 1. The van der Waals surface area contributed by atoms with Gasteiger partial charge in [-0.3, -0.25) is 4.79 Å². The van der Waals surface area contributed by atoms with Crippen molar-refractivity contribution in [1.82, 2.24) is 4.90 Å². The summed E-state index contributed by atoms with van der Waals surface area (Å²) in [4.78, 5) is 13.9. The smallest absolute Gasteiger partial charge is 0.303 e. The average Bonchev–Trinajstić information content (AvgIpc) is 2.64. The van der Waals surface area contributed by atoms with E-state index in [-0.39, 0.29) is 6.42 Å². The molecule has 15 heavy (non-hydrogen) atoms. The lowest BCUT2D eigenvalue weighted by Gasteiger charge is -2.14. The number of hydrogen-bond donors (Lipinski definition) is 1. The number of rotatable bonds is 7. The lowest BCUT2D eigenvalue weighted by Crippen LogP contribution is -2.18. The van der Waals surface area contributed by atoms with Gasteiger partial charge in [-0.2, -0.15) is 0 Å². The van der Waals surface area contributed by atoms with E-state index in [1.54, 1.807) is 11.3 Å². The molecule has 0 bridgehead atoms. The largest absolute Gasteiger partial charge is 0.481 e. The number of nitrogens with zero attached hydrogens (tertiary/aromatic N) is 1. The Morgan fingerprint density at radius 3 is 2.93 bits per heavy atom. The molecule has 0 unspecified atom stereocenters. The van der Waals surface area contributed by atoms with Crippen LogP contribution < -0.4 is 0 Å². The fourth-order valence-electron chi connectivity index (χ4n) is 1.41. The molecule has 84 valence electrons. The van der Waals surface area contributed by atoms with E-state index in [9.17, 15) is 4.79 Å². The van der Waals surface area contributed by atoms with E-state index < -0.39 is 5.97 Å². The van der Waals surface area contributed by atoms with Crippen molar-refractivity contribution < 1.29 is 9.90 Å². The minimum absolute atomic E-state index is 0.285. The molecule has 0 saturated heterocycles. The molecule has 0 radical (unpaired) electrons. The van der Waals surface area contributed by atoms with E-state index in [0.717, 1.165) is 25.9 Å². The van der Waals surface area contributed by atoms with Gasteiger partial charge in [0.05, 0.1) is 0 Å². The number of unbranched alkanes of at least 4 members (excludes halogenated alkanes) is 1. The molecule has 0 aliphatic rings. The summed E-state index contributed by atoms with van der Waals surface area (Å²) < 4.78 is 0. The molecular formula is C11H17NO2S. The molecule has 4 heteroatoms. The summed E-state index contributed by atoms with van der Waals surface area (Å²) in [6.45, 7) is 1.93. The molecule has 0 spiro atoms. The first-order valence-corrected chi connectivity index (χ1v) is 5.99. The van der Waals surface area contributed by atoms with Gasteiger partial charge in [0.25, 0.3) is 0 Å². The Balaban J connectivity index is 2.08. The van der Waals surface area contributed by atoms with E-state index in [4.69, 9.17) is 5.11 Å². The summed E-state index contributed by atoms with van der Waals surface area (Å²) in [5, 5.41) is 10.6. The van der Waals surface area contributed by atoms with Gasteiger partial charge in [0, 0.05) is 17.8 Å². The highest BCUT2D eigenvalue weighted by Gasteiger charge is 2.02. The van der Waals surface area contributed by atoms with Crippen LogP contribution in [0.2, 0.25) is 0 Å². The Bertz CT molecular complexity index is 285.